The van der Waals surface area contributed by atoms with Crippen molar-refractivity contribution >= 4 is 16.8 Å². The van der Waals surface area contributed by atoms with Crippen LogP contribution in [0.25, 0.3) is 22.2 Å². The van der Waals surface area contributed by atoms with Crippen LogP contribution in [0.3, 0.4) is 0 Å². The Morgan fingerprint density at radius 3 is 2.23 bits per heavy atom. The predicted molar refractivity (Wildman–Crippen MR) is 126 cm³/mol. The Kier molecular flexibility index (Phi) is 7.16. The smallest absolute Gasteiger partial charge is 0.254 e. The molecule has 0 atom stereocenters. The Hall–Kier alpha value is -3.08. The van der Waals surface area contributed by atoms with Crippen LogP contribution in [0.15, 0.2) is 48.5 Å². The van der Waals surface area contributed by atoms with Gasteiger partial charge in [-0.1, -0.05) is 45.9 Å². The third kappa shape index (κ3) is 5.16. The number of hydrogen-bond acceptors (Lipinski definition) is 4. The Morgan fingerprint density at radius 2 is 1.61 bits per heavy atom. The first kappa shape index (κ1) is 22.6. The van der Waals surface area contributed by atoms with E-state index in [1.807, 2.05) is 53.4 Å². The summed E-state index contributed by atoms with van der Waals surface area (Å²) in [5, 5.41) is 0.862. The number of hydrogen-bond donors (Lipinski definition) is 0. The summed E-state index contributed by atoms with van der Waals surface area (Å²) in [6.07, 6.45) is 0. The Morgan fingerprint density at radius 1 is 0.935 bits per heavy atom. The molecule has 3 rings (SSSR count). The molecule has 0 aliphatic heterocycles. The summed E-state index contributed by atoms with van der Waals surface area (Å²) in [5.74, 6) is 2.17. The zero-order valence-corrected chi connectivity index (χ0v) is 19.3. The van der Waals surface area contributed by atoms with Crippen LogP contribution in [0.1, 0.15) is 38.1 Å². The highest BCUT2D eigenvalue weighted by Gasteiger charge is 2.22. The fourth-order valence-corrected chi connectivity index (χ4v) is 3.79. The SMILES string of the molecule is COc1ccc(-c2cc(C(=O)N(CC(C)C)CC(C)C)c3ccccc3n2)c(OC)c1. The minimum Gasteiger partial charge on any atom is -0.497 e. The second kappa shape index (κ2) is 9.82. The number of ether oxygens (including phenoxy) is 2. The summed E-state index contributed by atoms with van der Waals surface area (Å²) in [6.45, 7) is 9.99. The molecule has 0 radical (unpaired) electrons. The van der Waals surface area contributed by atoms with Gasteiger partial charge < -0.3 is 14.4 Å². The molecule has 0 spiro atoms. The van der Waals surface area contributed by atoms with Gasteiger partial charge in [-0.05, 0) is 36.1 Å². The monoisotopic (exact) mass is 420 g/mol. The average molecular weight is 421 g/mol. The molecular formula is C26H32N2O3. The Bertz CT molecular complexity index is 1050. The van der Waals surface area contributed by atoms with Crippen LogP contribution in [0.5, 0.6) is 11.5 Å². The van der Waals surface area contributed by atoms with E-state index in [9.17, 15) is 4.79 Å². The lowest BCUT2D eigenvalue weighted by Crippen LogP contribution is -2.37. The predicted octanol–water partition coefficient (Wildman–Crippen LogP) is 5.67. The lowest BCUT2D eigenvalue weighted by Gasteiger charge is -2.27. The number of rotatable bonds is 8. The van der Waals surface area contributed by atoms with Gasteiger partial charge in [0, 0.05) is 30.1 Å². The maximum absolute atomic E-state index is 13.7. The fraction of sp³-hybridized carbons (Fsp3) is 0.385. The van der Waals surface area contributed by atoms with E-state index in [0.29, 0.717) is 34.6 Å². The molecule has 2 aromatic carbocycles. The average Bonchev–Trinajstić information content (AvgIpc) is 2.76. The second-order valence-corrected chi connectivity index (χ2v) is 8.64. The number of benzene rings is 2. The largest absolute Gasteiger partial charge is 0.497 e. The quantitative estimate of drug-likeness (QED) is 0.471. The molecule has 1 amide bonds. The number of carbonyl (C=O) groups excluding carboxylic acids is 1. The third-order valence-electron chi connectivity index (χ3n) is 5.09. The number of nitrogens with zero attached hydrogens (tertiary/aromatic N) is 2. The molecule has 0 aliphatic rings. The van der Waals surface area contributed by atoms with Gasteiger partial charge in [-0.15, -0.1) is 0 Å². The molecule has 31 heavy (non-hydrogen) atoms. The van der Waals surface area contributed by atoms with E-state index in [-0.39, 0.29) is 5.91 Å². The molecule has 5 heteroatoms. The molecule has 0 N–H and O–H groups in total. The summed E-state index contributed by atoms with van der Waals surface area (Å²) in [6, 6.07) is 15.3. The van der Waals surface area contributed by atoms with Crippen molar-refractivity contribution in [3.8, 4) is 22.8 Å². The van der Waals surface area contributed by atoms with Crippen molar-refractivity contribution in [1.29, 1.82) is 0 Å². The standard InChI is InChI=1S/C26H32N2O3/c1-17(2)15-28(16-18(3)4)26(29)22-14-24(27-23-10-8-7-9-20(22)23)21-12-11-19(30-5)13-25(21)31-6/h7-14,17-18H,15-16H2,1-6H3. The topological polar surface area (TPSA) is 51.7 Å². The van der Waals surface area contributed by atoms with Gasteiger partial charge in [0.1, 0.15) is 11.5 Å². The normalized spacial score (nSPS) is 11.2. The van der Waals surface area contributed by atoms with E-state index >= 15 is 0 Å². The van der Waals surface area contributed by atoms with Crippen molar-refractivity contribution in [3.63, 3.8) is 0 Å². The number of carbonyl (C=O) groups is 1. The first-order valence-electron chi connectivity index (χ1n) is 10.8. The Labute approximate surface area is 185 Å². The van der Waals surface area contributed by atoms with Crippen LogP contribution in [0, 0.1) is 11.8 Å². The minimum atomic E-state index is 0.0368. The summed E-state index contributed by atoms with van der Waals surface area (Å²) < 4.78 is 10.9. The molecule has 0 saturated carbocycles. The van der Waals surface area contributed by atoms with E-state index in [4.69, 9.17) is 14.5 Å². The summed E-state index contributed by atoms with van der Waals surface area (Å²) in [7, 11) is 3.25. The van der Waals surface area contributed by atoms with Gasteiger partial charge in [-0.25, -0.2) is 4.98 Å². The number of pyridine rings is 1. The summed E-state index contributed by atoms with van der Waals surface area (Å²) >= 11 is 0. The fourth-order valence-electron chi connectivity index (χ4n) is 3.79. The van der Waals surface area contributed by atoms with Gasteiger partial charge in [0.2, 0.25) is 0 Å². The van der Waals surface area contributed by atoms with Gasteiger partial charge in [0.25, 0.3) is 5.91 Å². The highest BCUT2D eigenvalue weighted by Crippen LogP contribution is 2.34. The first-order valence-corrected chi connectivity index (χ1v) is 10.8. The van der Waals surface area contributed by atoms with Crippen LogP contribution in [-0.2, 0) is 0 Å². The van der Waals surface area contributed by atoms with Crippen LogP contribution in [0.2, 0.25) is 0 Å². The summed E-state index contributed by atoms with van der Waals surface area (Å²) in [4.78, 5) is 20.5. The number of aromatic nitrogens is 1. The molecule has 0 bridgehead atoms. The van der Waals surface area contributed by atoms with Crippen LogP contribution >= 0.6 is 0 Å². The summed E-state index contributed by atoms with van der Waals surface area (Å²) in [5.41, 5.74) is 2.98. The van der Waals surface area contributed by atoms with E-state index in [1.165, 1.54) is 0 Å². The zero-order valence-electron chi connectivity index (χ0n) is 19.3. The molecule has 0 saturated heterocycles. The van der Waals surface area contributed by atoms with Crippen LogP contribution < -0.4 is 9.47 Å². The van der Waals surface area contributed by atoms with Crippen molar-refractivity contribution in [1.82, 2.24) is 9.88 Å². The van der Waals surface area contributed by atoms with Gasteiger partial charge in [-0.2, -0.15) is 0 Å². The third-order valence-corrected chi connectivity index (χ3v) is 5.09. The molecule has 5 nitrogen and oxygen atoms in total. The lowest BCUT2D eigenvalue weighted by molar-refractivity contribution is 0.0717. The van der Waals surface area contributed by atoms with Crippen molar-refractivity contribution in [2.45, 2.75) is 27.7 Å². The van der Waals surface area contributed by atoms with Gasteiger partial charge in [-0.3, -0.25) is 4.79 Å². The van der Waals surface area contributed by atoms with Crippen molar-refractivity contribution < 1.29 is 14.3 Å². The van der Waals surface area contributed by atoms with Crippen molar-refractivity contribution in [2.75, 3.05) is 27.3 Å². The number of fused-ring (bicyclic) bond motifs is 1. The van der Waals surface area contributed by atoms with Gasteiger partial charge >= 0.3 is 0 Å². The van der Waals surface area contributed by atoms with Gasteiger partial charge in [0.05, 0.1) is 31.0 Å². The highest BCUT2D eigenvalue weighted by atomic mass is 16.5. The van der Waals surface area contributed by atoms with E-state index in [0.717, 1.165) is 29.6 Å². The minimum absolute atomic E-state index is 0.0368. The second-order valence-electron chi connectivity index (χ2n) is 8.64. The number of amides is 1. The van der Waals surface area contributed by atoms with Crippen molar-refractivity contribution in [3.05, 3.63) is 54.1 Å². The molecule has 0 fully saturated rings. The maximum atomic E-state index is 13.7. The first-order chi connectivity index (χ1) is 14.8. The molecular weight excluding hydrogens is 388 g/mol. The maximum Gasteiger partial charge on any atom is 0.254 e. The lowest BCUT2D eigenvalue weighted by atomic mass is 10.0. The number of methoxy groups -OCH3 is 2. The van der Waals surface area contributed by atoms with E-state index < -0.39 is 0 Å². The molecule has 164 valence electrons. The molecule has 1 heterocycles. The van der Waals surface area contributed by atoms with E-state index in [1.54, 1.807) is 14.2 Å². The van der Waals surface area contributed by atoms with Gasteiger partial charge in [0.15, 0.2) is 0 Å². The molecule has 1 aromatic heterocycles. The molecule has 3 aromatic rings. The zero-order chi connectivity index (χ0) is 22.5. The van der Waals surface area contributed by atoms with Crippen LogP contribution in [-0.4, -0.2) is 43.1 Å². The van der Waals surface area contributed by atoms with Crippen LogP contribution in [0.4, 0.5) is 0 Å². The van der Waals surface area contributed by atoms with E-state index in [2.05, 4.69) is 27.7 Å². The number of para-hydroxylation sites is 1. The Balaban J connectivity index is 2.17. The van der Waals surface area contributed by atoms with Crippen molar-refractivity contribution in [2.24, 2.45) is 11.8 Å². The molecule has 0 aliphatic carbocycles. The molecule has 0 unspecified atom stereocenters. The highest BCUT2D eigenvalue weighted by molar-refractivity contribution is 6.07.